The van der Waals surface area contributed by atoms with E-state index in [1.165, 1.54) is 0 Å². The Morgan fingerprint density at radius 1 is 1.29 bits per heavy atom. The van der Waals surface area contributed by atoms with Crippen LogP contribution in [-0.4, -0.2) is 28.9 Å². The molecular formula is C19H19ClN2O2. The molecule has 2 aliphatic rings. The van der Waals surface area contributed by atoms with Crippen LogP contribution in [-0.2, 0) is 11.2 Å². The number of amides is 1. The van der Waals surface area contributed by atoms with Crippen LogP contribution >= 0.6 is 11.6 Å². The van der Waals surface area contributed by atoms with Crippen molar-refractivity contribution in [1.82, 2.24) is 9.88 Å². The molecule has 0 radical (unpaired) electrons. The number of aromatic nitrogens is 1. The van der Waals surface area contributed by atoms with Gasteiger partial charge in [-0.3, -0.25) is 9.78 Å². The third kappa shape index (κ3) is 2.86. The minimum absolute atomic E-state index is 0.0828. The zero-order valence-corrected chi connectivity index (χ0v) is 14.1. The van der Waals surface area contributed by atoms with E-state index in [0.717, 1.165) is 36.4 Å². The number of rotatable bonds is 2. The van der Waals surface area contributed by atoms with Crippen LogP contribution in [0.5, 0.6) is 5.75 Å². The summed E-state index contributed by atoms with van der Waals surface area (Å²) >= 11 is 6.08. The van der Waals surface area contributed by atoms with Crippen molar-refractivity contribution in [3.05, 3.63) is 58.9 Å². The van der Waals surface area contributed by atoms with E-state index >= 15 is 0 Å². The molecule has 0 spiro atoms. The number of benzene rings is 1. The molecule has 2 aromatic rings. The monoisotopic (exact) mass is 342 g/mol. The third-order valence-electron chi connectivity index (χ3n) is 4.84. The fourth-order valence-corrected chi connectivity index (χ4v) is 3.86. The van der Waals surface area contributed by atoms with Crippen molar-refractivity contribution < 1.29 is 9.53 Å². The fraction of sp³-hybridized carbons (Fsp3) is 0.368. The first-order chi connectivity index (χ1) is 11.7. The van der Waals surface area contributed by atoms with Crippen molar-refractivity contribution in [1.29, 1.82) is 0 Å². The second-order valence-electron chi connectivity index (χ2n) is 6.41. The largest absolute Gasteiger partial charge is 0.492 e. The molecule has 1 saturated heterocycles. The smallest absolute Gasteiger partial charge is 0.230 e. The van der Waals surface area contributed by atoms with Gasteiger partial charge < -0.3 is 9.64 Å². The zero-order valence-electron chi connectivity index (χ0n) is 13.3. The van der Waals surface area contributed by atoms with Gasteiger partial charge in [-0.2, -0.15) is 0 Å². The second kappa shape index (κ2) is 6.44. The summed E-state index contributed by atoms with van der Waals surface area (Å²) in [5, 5.41) is 0.679. The Kier molecular flexibility index (Phi) is 4.15. The molecule has 0 N–H and O–H groups in total. The number of likely N-dealkylation sites (tertiary alicyclic amines) is 1. The summed E-state index contributed by atoms with van der Waals surface area (Å²) in [6.07, 6.45) is 4.46. The fourth-order valence-electron chi connectivity index (χ4n) is 3.67. The highest BCUT2D eigenvalue weighted by Gasteiger charge is 2.36. The molecule has 1 amide bonds. The quantitative estimate of drug-likeness (QED) is 0.836. The standard InChI is InChI=1S/C19H19ClN2O2/c20-15-6-7-18-13(11-15)10-14(12-24-18)19(23)22-9-3-5-17(22)16-4-1-2-8-21-16/h1-2,4,6-8,11,14,17H,3,5,9-10,12H2/t14-,17-/m1/s1. The molecule has 0 aliphatic carbocycles. The van der Waals surface area contributed by atoms with Gasteiger partial charge in [0.15, 0.2) is 0 Å². The Labute approximate surface area is 146 Å². The number of halogens is 1. The summed E-state index contributed by atoms with van der Waals surface area (Å²) in [6.45, 7) is 1.22. The number of pyridine rings is 1. The van der Waals surface area contributed by atoms with E-state index in [4.69, 9.17) is 16.3 Å². The summed E-state index contributed by atoms with van der Waals surface area (Å²) in [4.78, 5) is 19.5. The summed E-state index contributed by atoms with van der Waals surface area (Å²) < 4.78 is 5.79. The van der Waals surface area contributed by atoms with Gasteiger partial charge in [0.25, 0.3) is 0 Å². The highest BCUT2D eigenvalue weighted by atomic mass is 35.5. The first-order valence-corrected chi connectivity index (χ1v) is 8.73. The number of ether oxygens (including phenoxy) is 1. The molecule has 2 atom stereocenters. The van der Waals surface area contributed by atoms with Crippen LogP contribution in [0.2, 0.25) is 5.02 Å². The molecule has 0 saturated carbocycles. The molecule has 24 heavy (non-hydrogen) atoms. The van der Waals surface area contributed by atoms with Gasteiger partial charge >= 0.3 is 0 Å². The topological polar surface area (TPSA) is 42.4 Å². The molecule has 124 valence electrons. The van der Waals surface area contributed by atoms with Crippen LogP contribution < -0.4 is 4.74 Å². The molecule has 0 unspecified atom stereocenters. The van der Waals surface area contributed by atoms with Gasteiger partial charge in [-0.1, -0.05) is 17.7 Å². The van der Waals surface area contributed by atoms with Crippen LogP contribution in [0.4, 0.5) is 0 Å². The summed E-state index contributed by atoms with van der Waals surface area (Å²) in [7, 11) is 0. The molecule has 3 heterocycles. The van der Waals surface area contributed by atoms with E-state index in [2.05, 4.69) is 4.98 Å². The van der Waals surface area contributed by atoms with Crippen molar-refractivity contribution in [3.63, 3.8) is 0 Å². The normalized spacial score (nSPS) is 22.8. The van der Waals surface area contributed by atoms with Crippen molar-refractivity contribution >= 4 is 17.5 Å². The van der Waals surface area contributed by atoms with Gasteiger partial charge in [0, 0.05) is 17.8 Å². The number of fused-ring (bicyclic) bond motifs is 1. The van der Waals surface area contributed by atoms with E-state index in [-0.39, 0.29) is 17.9 Å². The molecular weight excluding hydrogens is 324 g/mol. The van der Waals surface area contributed by atoms with Crippen molar-refractivity contribution in [2.24, 2.45) is 5.92 Å². The molecule has 4 rings (SSSR count). The number of hydrogen-bond acceptors (Lipinski definition) is 3. The molecule has 4 nitrogen and oxygen atoms in total. The lowest BCUT2D eigenvalue weighted by Crippen LogP contribution is -2.40. The Morgan fingerprint density at radius 2 is 2.21 bits per heavy atom. The molecule has 1 aromatic carbocycles. The van der Waals surface area contributed by atoms with E-state index in [1.54, 1.807) is 6.20 Å². The SMILES string of the molecule is O=C([C@H]1COc2ccc(Cl)cc2C1)N1CCC[C@@H]1c1ccccn1. The maximum atomic E-state index is 13.1. The maximum absolute atomic E-state index is 13.1. The molecule has 5 heteroatoms. The van der Waals surface area contributed by atoms with E-state index in [1.807, 2.05) is 41.3 Å². The Morgan fingerprint density at radius 3 is 3.04 bits per heavy atom. The van der Waals surface area contributed by atoms with Crippen molar-refractivity contribution in [2.75, 3.05) is 13.2 Å². The lowest BCUT2D eigenvalue weighted by atomic mass is 9.95. The molecule has 1 fully saturated rings. The minimum Gasteiger partial charge on any atom is -0.492 e. The van der Waals surface area contributed by atoms with Gasteiger partial charge in [0.1, 0.15) is 12.4 Å². The Hall–Kier alpha value is -2.07. The predicted molar refractivity (Wildman–Crippen MR) is 92.1 cm³/mol. The highest BCUT2D eigenvalue weighted by molar-refractivity contribution is 6.30. The highest BCUT2D eigenvalue weighted by Crippen LogP contribution is 2.35. The van der Waals surface area contributed by atoms with Gasteiger partial charge in [-0.15, -0.1) is 0 Å². The average molecular weight is 343 g/mol. The van der Waals surface area contributed by atoms with Crippen LogP contribution in [0.15, 0.2) is 42.6 Å². The number of carbonyl (C=O) groups is 1. The molecule has 1 aromatic heterocycles. The van der Waals surface area contributed by atoms with Crippen LogP contribution in [0, 0.1) is 5.92 Å². The lowest BCUT2D eigenvalue weighted by Gasteiger charge is -2.31. The zero-order chi connectivity index (χ0) is 16.5. The molecule has 0 bridgehead atoms. The number of carbonyl (C=O) groups excluding carboxylic acids is 1. The number of hydrogen-bond donors (Lipinski definition) is 0. The van der Waals surface area contributed by atoms with Gasteiger partial charge in [-0.05, 0) is 55.2 Å². The van der Waals surface area contributed by atoms with Crippen molar-refractivity contribution in [3.8, 4) is 5.75 Å². The second-order valence-corrected chi connectivity index (χ2v) is 6.84. The Bertz CT molecular complexity index is 750. The Balaban J connectivity index is 1.53. The number of nitrogens with zero attached hydrogens (tertiary/aromatic N) is 2. The van der Waals surface area contributed by atoms with Gasteiger partial charge in [0.2, 0.25) is 5.91 Å². The first kappa shape index (κ1) is 15.5. The molecule has 2 aliphatic heterocycles. The van der Waals surface area contributed by atoms with Crippen molar-refractivity contribution in [2.45, 2.75) is 25.3 Å². The summed E-state index contributed by atoms with van der Waals surface area (Å²) in [6, 6.07) is 11.6. The van der Waals surface area contributed by atoms with Crippen LogP contribution in [0.3, 0.4) is 0 Å². The lowest BCUT2D eigenvalue weighted by molar-refractivity contribution is -0.138. The van der Waals surface area contributed by atoms with Crippen LogP contribution in [0.1, 0.15) is 30.1 Å². The first-order valence-electron chi connectivity index (χ1n) is 8.35. The van der Waals surface area contributed by atoms with E-state index < -0.39 is 0 Å². The minimum atomic E-state index is -0.153. The van der Waals surface area contributed by atoms with E-state index in [0.29, 0.717) is 18.1 Å². The van der Waals surface area contributed by atoms with Gasteiger partial charge in [-0.25, -0.2) is 0 Å². The summed E-state index contributed by atoms with van der Waals surface area (Å²) in [5.41, 5.74) is 1.99. The van der Waals surface area contributed by atoms with E-state index in [9.17, 15) is 4.79 Å². The summed E-state index contributed by atoms with van der Waals surface area (Å²) in [5.74, 6) is 0.847. The third-order valence-corrected chi connectivity index (χ3v) is 5.08. The maximum Gasteiger partial charge on any atom is 0.230 e. The average Bonchev–Trinajstić information content (AvgIpc) is 3.11. The predicted octanol–water partition coefficient (Wildman–Crippen LogP) is 3.65. The van der Waals surface area contributed by atoms with Crippen LogP contribution in [0.25, 0.3) is 0 Å². The van der Waals surface area contributed by atoms with Gasteiger partial charge in [0.05, 0.1) is 17.7 Å².